The van der Waals surface area contributed by atoms with Crippen LogP contribution in [0.5, 0.6) is 0 Å². The fourth-order valence-corrected chi connectivity index (χ4v) is 3.86. The van der Waals surface area contributed by atoms with Gasteiger partial charge in [0, 0.05) is 39.2 Å². The van der Waals surface area contributed by atoms with E-state index < -0.39 is 25.5 Å². The normalized spacial score (nSPS) is 17.1. The van der Waals surface area contributed by atoms with Gasteiger partial charge in [-0.25, -0.2) is 4.98 Å². The predicted octanol–water partition coefficient (Wildman–Crippen LogP) is 7.18. The zero-order chi connectivity index (χ0) is 28.4. The van der Waals surface area contributed by atoms with Crippen LogP contribution in [0.4, 0.5) is 0 Å². The molecule has 0 aliphatic heterocycles. The topological polar surface area (TPSA) is 38.9 Å². The molecule has 0 aliphatic carbocycles. The highest BCUT2D eigenvalue weighted by Crippen LogP contribution is 2.35. The molecule has 0 amide bonds. The molecule has 5 rings (SSSR count). The number of hydrogen-bond donors (Lipinski definition) is 0. The third kappa shape index (κ3) is 3.61. The number of fused-ring (bicyclic) bond motifs is 3. The minimum Gasteiger partial charge on any atom is -0.437 e. The minimum absolute atomic E-state index is 0.0574. The zero-order valence-corrected chi connectivity index (χ0v) is 17.2. The summed E-state index contributed by atoms with van der Waals surface area (Å²) in [6.45, 7) is -1.03. The maximum absolute atomic E-state index is 9.12. The third-order valence-electron chi connectivity index (χ3n) is 5.46. The fraction of sp³-hybridized carbons (Fsp3) is 0.214. The van der Waals surface area contributed by atoms with Gasteiger partial charge in [0.25, 0.3) is 0 Å². The Hall–Kier alpha value is -3.46. The van der Waals surface area contributed by atoms with Gasteiger partial charge < -0.3 is 4.42 Å². The highest BCUT2D eigenvalue weighted by atomic mass is 16.3. The molecular formula is C28H26N2O. The van der Waals surface area contributed by atoms with E-state index in [0.29, 0.717) is 33.4 Å². The van der Waals surface area contributed by atoms with Crippen LogP contribution in [-0.2, 0) is 11.8 Å². The summed E-state index contributed by atoms with van der Waals surface area (Å²) < 4.78 is 70.0. The van der Waals surface area contributed by atoms with Crippen LogP contribution in [0.3, 0.4) is 0 Å². The van der Waals surface area contributed by atoms with Crippen molar-refractivity contribution in [1.82, 2.24) is 9.97 Å². The second kappa shape index (κ2) is 7.35. The van der Waals surface area contributed by atoms with Gasteiger partial charge in [0.1, 0.15) is 5.58 Å². The van der Waals surface area contributed by atoms with Gasteiger partial charge in [0.05, 0.1) is 5.69 Å². The van der Waals surface area contributed by atoms with E-state index in [2.05, 4.69) is 9.97 Å². The summed E-state index contributed by atoms with van der Waals surface area (Å²) in [5, 5.41) is 1.42. The molecule has 154 valence electrons. The molecule has 0 aliphatic rings. The zero-order valence-electron chi connectivity index (χ0n) is 25.2. The van der Waals surface area contributed by atoms with Crippen molar-refractivity contribution in [3.05, 3.63) is 95.3 Å². The molecule has 0 radical (unpaired) electrons. The summed E-state index contributed by atoms with van der Waals surface area (Å²) in [6.07, 6.45) is -0.313. The van der Waals surface area contributed by atoms with E-state index in [1.54, 1.807) is 50.4 Å². The smallest absolute Gasteiger partial charge is 0.227 e. The van der Waals surface area contributed by atoms with Crippen LogP contribution in [0.1, 0.15) is 47.2 Å². The molecule has 0 saturated heterocycles. The molecule has 5 aromatic rings. The Morgan fingerprint density at radius 3 is 2.65 bits per heavy atom. The van der Waals surface area contributed by atoms with E-state index in [0.717, 1.165) is 5.39 Å². The van der Waals surface area contributed by atoms with Crippen LogP contribution in [0.2, 0.25) is 0 Å². The molecular weight excluding hydrogens is 380 g/mol. The number of nitrogens with zero attached hydrogens (tertiary/aromatic N) is 2. The molecule has 0 fully saturated rings. The third-order valence-corrected chi connectivity index (χ3v) is 5.46. The Balaban J connectivity index is 1.58. The standard InChI is InChI=1S/C28H26N2O/c1-18-8-11-21(12-9-18)28(3,4)17-20-14-15-29-25(16-20)24-7-5-6-22-23-13-10-19(2)30-27(23)31-26(22)24/h5-16H,17H2,1-4H3/i1D3,2D3,17D2. The van der Waals surface area contributed by atoms with Gasteiger partial charge in [-0.1, -0.05) is 55.8 Å². The van der Waals surface area contributed by atoms with Crippen molar-refractivity contribution in [3.63, 3.8) is 0 Å². The number of rotatable bonds is 4. The number of aryl methyl sites for hydroxylation is 2. The van der Waals surface area contributed by atoms with E-state index in [1.165, 1.54) is 18.2 Å². The Morgan fingerprint density at radius 2 is 1.84 bits per heavy atom. The maximum Gasteiger partial charge on any atom is 0.227 e. The van der Waals surface area contributed by atoms with Crippen LogP contribution < -0.4 is 0 Å². The molecule has 31 heavy (non-hydrogen) atoms. The first kappa shape index (κ1) is 12.4. The van der Waals surface area contributed by atoms with Gasteiger partial charge in [0.15, 0.2) is 0 Å². The largest absolute Gasteiger partial charge is 0.437 e. The molecule has 2 aromatic carbocycles. The molecule has 3 aromatic heterocycles. The molecule has 0 N–H and O–H groups in total. The fourth-order valence-electron chi connectivity index (χ4n) is 3.86. The van der Waals surface area contributed by atoms with Crippen molar-refractivity contribution in [3.8, 4) is 11.3 Å². The van der Waals surface area contributed by atoms with Crippen molar-refractivity contribution in [1.29, 1.82) is 0 Å². The lowest BCUT2D eigenvalue weighted by Gasteiger charge is -2.26. The quantitative estimate of drug-likeness (QED) is 0.313. The van der Waals surface area contributed by atoms with E-state index in [1.807, 2.05) is 18.2 Å². The summed E-state index contributed by atoms with van der Waals surface area (Å²) in [5.74, 6) is 0. The number of furan rings is 1. The monoisotopic (exact) mass is 414 g/mol. The van der Waals surface area contributed by atoms with Gasteiger partial charge in [-0.15, -0.1) is 0 Å². The summed E-state index contributed by atoms with van der Waals surface area (Å²) in [6, 6.07) is 18.3. The first-order valence-corrected chi connectivity index (χ1v) is 10.0. The van der Waals surface area contributed by atoms with Crippen molar-refractivity contribution in [2.24, 2.45) is 0 Å². The van der Waals surface area contributed by atoms with Crippen LogP contribution in [0, 0.1) is 13.7 Å². The molecule has 0 saturated carbocycles. The first-order chi connectivity index (χ1) is 18.1. The second-order valence-corrected chi connectivity index (χ2v) is 8.09. The van der Waals surface area contributed by atoms with Gasteiger partial charge in [-0.2, -0.15) is 0 Å². The second-order valence-electron chi connectivity index (χ2n) is 8.09. The van der Waals surface area contributed by atoms with E-state index in [-0.39, 0.29) is 17.0 Å². The molecule has 0 unspecified atom stereocenters. The lowest BCUT2D eigenvalue weighted by Crippen LogP contribution is -2.20. The highest BCUT2D eigenvalue weighted by Gasteiger charge is 2.22. The number of hydrogen-bond acceptors (Lipinski definition) is 3. The highest BCUT2D eigenvalue weighted by molar-refractivity contribution is 6.08. The predicted molar refractivity (Wildman–Crippen MR) is 127 cm³/mol. The van der Waals surface area contributed by atoms with Crippen LogP contribution in [0.15, 0.2) is 77.3 Å². The molecule has 3 heterocycles. The van der Waals surface area contributed by atoms with Crippen molar-refractivity contribution in [2.45, 2.75) is 39.3 Å². The SMILES string of the molecule is [2H]C([2H])([2H])c1ccc(C(C)(C)C([2H])([2H])c2ccnc(-c3cccc4c3oc3nc(C([2H])([2H])[2H])ccc34)c2)cc1. The van der Waals surface area contributed by atoms with Gasteiger partial charge >= 0.3 is 0 Å². The lowest BCUT2D eigenvalue weighted by molar-refractivity contribution is 0.522. The Bertz CT molecular complexity index is 1680. The van der Waals surface area contributed by atoms with Crippen molar-refractivity contribution < 1.29 is 15.4 Å². The Labute approximate surface area is 194 Å². The van der Waals surface area contributed by atoms with Crippen LogP contribution >= 0.6 is 0 Å². The maximum atomic E-state index is 9.12. The molecule has 3 nitrogen and oxygen atoms in total. The molecule has 0 atom stereocenters. The molecule has 0 spiro atoms. The van der Waals surface area contributed by atoms with E-state index >= 15 is 0 Å². The Morgan fingerprint density at radius 1 is 0.968 bits per heavy atom. The van der Waals surface area contributed by atoms with Crippen LogP contribution in [0.25, 0.3) is 33.3 Å². The van der Waals surface area contributed by atoms with Gasteiger partial charge in [0.2, 0.25) is 5.71 Å². The average Bonchev–Trinajstić information content (AvgIpc) is 3.26. The van der Waals surface area contributed by atoms with Crippen LogP contribution in [-0.4, -0.2) is 9.97 Å². The van der Waals surface area contributed by atoms with Crippen molar-refractivity contribution in [2.75, 3.05) is 0 Å². The summed E-state index contributed by atoms with van der Waals surface area (Å²) in [7, 11) is 0. The van der Waals surface area contributed by atoms with E-state index in [4.69, 9.17) is 15.4 Å². The summed E-state index contributed by atoms with van der Waals surface area (Å²) >= 11 is 0. The molecule has 3 heteroatoms. The first-order valence-electron chi connectivity index (χ1n) is 14.0. The van der Waals surface area contributed by atoms with Gasteiger partial charge in [-0.05, 0) is 67.0 Å². The molecule has 0 bridgehead atoms. The lowest BCUT2D eigenvalue weighted by atomic mass is 9.79. The number of aromatic nitrogens is 2. The summed E-state index contributed by atoms with van der Waals surface area (Å²) in [4.78, 5) is 8.71. The van der Waals surface area contributed by atoms with E-state index in [9.17, 15) is 0 Å². The van der Waals surface area contributed by atoms with Crippen molar-refractivity contribution >= 4 is 22.1 Å². The Kier molecular flexibility index (Phi) is 2.94. The minimum atomic E-state index is -2.36. The van der Waals surface area contributed by atoms with Gasteiger partial charge in [-0.3, -0.25) is 4.98 Å². The average molecular weight is 415 g/mol. The summed E-state index contributed by atoms with van der Waals surface area (Å²) in [5.41, 5.74) is 1.99. The number of pyridine rings is 2. The number of para-hydroxylation sites is 1. The number of benzene rings is 2.